The van der Waals surface area contributed by atoms with Gasteiger partial charge in [-0.05, 0) is 56.2 Å². The summed E-state index contributed by atoms with van der Waals surface area (Å²) in [5.74, 6) is 1.24. The lowest BCUT2D eigenvalue weighted by molar-refractivity contribution is 0.246. The molecule has 0 bridgehead atoms. The Morgan fingerprint density at radius 3 is 2.55 bits per heavy atom. The fourth-order valence-corrected chi connectivity index (χ4v) is 3.86. The number of rotatable bonds is 5. The SMILES string of the molecule is CCOc1ccc(NC(=O)NC2CCN(c3nc4ccccc4n(C)c3=O)CC2)cc1. The summed E-state index contributed by atoms with van der Waals surface area (Å²) in [4.78, 5) is 31.8. The zero-order valence-corrected chi connectivity index (χ0v) is 17.8. The van der Waals surface area contributed by atoms with Crippen molar-refractivity contribution in [2.24, 2.45) is 7.05 Å². The van der Waals surface area contributed by atoms with Crippen LogP contribution < -0.4 is 25.8 Å². The molecule has 1 saturated heterocycles. The fourth-order valence-electron chi connectivity index (χ4n) is 3.86. The molecule has 2 amide bonds. The number of aryl methyl sites for hydroxylation is 1. The van der Waals surface area contributed by atoms with Crippen molar-refractivity contribution in [3.8, 4) is 5.75 Å². The highest BCUT2D eigenvalue weighted by Gasteiger charge is 2.24. The fraction of sp³-hybridized carbons (Fsp3) is 0.348. The van der Waals surface area contributed by atoms with Crippen LogP contribution in [0.2, 0.25) is 0 Å². The van der Waals surface area contributed by atoms with E-state index in [-0.39, 0.29) is 17.6 Å². The van der Waals surface area contributed by atoms with Gasteiger partial charge in [0, 0.05) is 31.9 Å². The van der Waals surface area contributed by atoms with Crippen LogP contribution in [0.25, 0.3) is 11.0 Å². The van der Waals surface area contributed by atoms with Gasteiger partial charge in [0.15, 0.2) is 5.82 Å². The van der Waals surface area contributed by atoms with Crippen molar-refractivity contribution in [2.45, 2.75) is 25.8 Å². The molecule has 3 aromatic rings. The molecule has 0 unspecified atom stereocenters. The van der Waals surface area contributed by atoms with E-state index in [1.54, 1.807) is 11.6 Å². The Hall–Kier alpha value is -3.55. The third-order valence-electron chi connectivity index (χ3n) is 5.52. The van der Waals surface area contributed by atoms with Crippen molar-refractivity contribution >= 4 is 28.6 Å². The Balaban J connectivity index is 1.34. The number of nitrogens with one attached hydrogen (secondary N) is 2. The summed E-state index contributed by atoms with van der Waals surface area (Å²) in [6.07, 6.45) is 1.49. The number of piperidine rings is 1. The minimum Gasteiger partial charge on any atom is -0.494 e. The summed E-state index contributed by atoms with van der Waals surface area (Å²) in [6.45, 7) is 3.86. The Bertz CT molecular complexity index is 1120. The predicted molar refractivity (Wildman–Crippen MR) is 122 cm³/mol. The van der Waals surface area contributed by atoms with Gasteiger partial charge in [-0.15, -0.1) is 0 Å². The maximum Gasteiger partial charge on any atom is 0.319 e. The number of hydrogen-bond donors (Lipinski definition) is 2. The maximum atomic E-state index is 12.8. The summed E-state index contributed by atoms with van der Waals surface area (Å²) in [5, 5.41) is 5.88. The van der Waals surface area contributed by atoms with E-state index >= 15 is 0 Å². The van der Waals surface area contributed by atoms with Crippen LogP contribution in [0.15, 0.2) is 53.3 Å². The monoisotopic (exact) mass is 421 g/mol. The molecule has 1 aromatic heterocycles. The molecule has 0 saturated carbocycles. The number of anilines is 2. The smallest absolute Gasteiger partial charge is 0.319 e. The van der Waals surface area contributed by atoms with Crippen LogP contribution in [0.3, 0.4) is 0 Å². The van der Waals surface area contributed by atoms with E-state index in [0.29, 0.717) is 31.2 Å². The van der Waals surface area contributed by atoms with Gasteiger partial charge in [0.05, 0.1) is 17.6 Å². The van der Waals surface area contributed by atoms with Gasteiger partial charge in [-0.1, -0.05) is 12.1 Å². The number of carbonyl (C=O) groups excluding carboxylic acids is 1. The molecular weight excluding hydrogens is 394 g/mol. The Labute approximate surface area is 180 Å². The van der Waals surface area contributed by atoms with Crippen LogP contribution in [-0.2, 0) is 7.05 Å². The molecule has 162 valence electrons. The molecule has 1 fully saturated rings. The molecule has 2 N–H and O–H groups in total. The van der Waals surface area contributed by atoms with Crippen LogP contribution in [0.4, 0.5) is 16.3 Å². The Morgan fingerprint density at radius 2 is 1.84 bits per heavy atom. The second-order valence-electron chi connectivity index (χ2n) is 7.61. The summed E-state index contributed by atoms with van der Waals surface area (Å²) in [6, 6.07) is 14.7. The number of benzene rings is 2. The van der Waals surface area contributed by atoms with Gasteiger partial charge >= 0.3 is 6.03 Å². The van der Waals surface area contributed by atoms with Gasteiger partial charge in [0.2, 0.25) is 0 Å². The van der Waals surface area contributed by atoms with Gasteiger partial charge in [0.25, 0.3) is 5.56 Å². The Morgan fingerprint density at radius 1 is 1.13 bits per heavy atom. The highest BCUT2D eigenvalue weighted by Crippen LogP contribution is 2.19. The van der Waals surface area contributed by atoms with Crippen molar-refractivity contribution in [3.63, 3.8) is 0 Å². The molecule has 0 atom stereocenters. The van der Waals surface area contributed by atoms with Crippen molar-refractivity contribution in [1.82, 2.24) is 14.9 Å². The molecule has 4 rings (SSSR count). The number of nitrogens with zero attached hydrogens (tertiary/aromatic N) is 3. The topological polar surface area (TPSA) is 88.5 Å². The zero-order chi connectivity index (χ0) is 21.8. The molecule has 0 spiro atoms. The largest absolute Gasteiger partial charge is 0.494 e. The first kappa shape index (κ1) is 20.7. The molecule has 1 aliphatic heterocycles. The highest BCUT2D eigenvalue weighted by molar-refractivity contribution is 5.89. The van der Waals surface area contributed by atoms with E-state index in [4.69, 9.17) is 4.74 Å². The number of amides is 2. The number of hydrogen-bond acceptors (Lipinski definition) is 5. The summed E-state index contributed by atoms with van der Waals surface area (Å²) < 4.78 is 7.06. The van der Waals surface area contributed by atoms with Crippen molar-refractivity contribution in [3.05, 3.63) is 58.9 Å². The van der Waals surface area contributed by atoms with E-state index < -0.39 is 0 Å². The number of para-hydroxylation sites is 2. The number of aromatic nitrogens is 2. The molecule has 8 nitrogen and oxygen atoms in total. The number of ether oxygens (including phenoxy) is 1. The van der Waals surface area contributed by atoms with E-state index in [1.165, 1.54) is 0 Å². The number of fused-ring (bicyclic) bond motifs is 1. The maximum absolute atomic E-state index is 12.8. The molecule has 8 heteroatoms. The summed E-state index contributed by atoms with van der Waals surface area (Å²) in [7, 11) is 1.77. The van der Waals surface area contributed by atoms with Gasteiger partial charge in [-0.3, -0.25) is 4.79 Å². The second-order valence-corrected chi connectivity index (χ2v) is 7.61. The first-order valence-electron chi connectivity index (χ1n) is 10.6. The minimum absolute atomic E-state index is 0.0447. The van der Waals surface area contributed by atoms with E-state index in [1.807, 2.05) is 60.4 Å². The van der Waals surface area contributed by atoms with E-state index in [0.717, 1.165) is 29.6 Å². The quantitative estimate of drug-likeness (QED) is 0.661. The lowest BCUT2D eigenvalue weighted by Crippen LogP contribution is -2.47. The molecule has 0 aliphatic carbocycles. The molecule has 1 aliphatic rings. The molecule has 31 heavy (non-hydrogen) atoms. The third-order valence-corrected chi connectivity index (χ3v) is 5.52. The molecule has 2 heterocycles. The normalized spacial score (nSPS) is 14.5. The standard InChI is InChI=1S/C23H27N5O3/c1-3-31-18-10-8-16(9-11-18)24-23(30)25-17-12-14-28(15-13-17)21-22(29)27(2)20-7-5-4-6-19(20)26-21/h4-11,17H,3,12-15H2,1-2H3,(H2,24,25,30). The lowest BCUT2D eigenvalue weighted by atomic mass is 10.1. The molecular formula is C23H27N5O3. The van der Waals surface area contributed by atoms with Crippen LogP contribution in [0.5, 0.6) is 5.75 Å². The molecule has 2 aromatic carbocycles. The van der Waals surface area contributed by atoms with Crippen LogP contribution in [0.1, 0.15) is 19.8 Å². The first-order valence-corrected chi connectivity index (χ1v) is 10.6. The minimum atomic E-state index is -0.234. The van der Waals surface area contributed by atoms with E-state index in [9.17, 15) is 9.59 Å². The zero-order valence-electron chi connectivity index (χ0n) is 17.8. The van der Waals surface area contributed by atoms with Crippen molar-refractivity contribution in [2.75, 3.05) is 29.9 Å². The third kappa shape index (κ3) is 4.63. The van der Waals surface area contributed by atoms with Crippen molar-refractivity contribution in [1.29, 1.82) is 0 Å². The van der Waals surface area contributed by atoms with Gasteiger partial charge in [0.1, 0.15) is 5.75 Å². The number of urea groups is 1. The van der Waals surface area contributed by atoms with Crippen LogP contribution in [-0.4, -0.2) is 41.3 Å². The predicted octanol–water partition coefficient (Wildman–Crippen LogP) is 3.12. The van der Waals surface area contributed by atoms with E-state index in [2.05, 4.69) is 15.6 Å². The average molecular weight is 422 g/mol. The first-order chi connectivity index (χ1) is 15.0. The van der Waals surface area contributed by atoms with Gasteiger partial charge < -0.3 is 24.8 Å². The van der Waals surface area contributed by atoms with Crippen molar-refractivity contribution < 1.29 is 9.53 Å². The molecule has 0 radical (unpaired) electrons. The lowest BCUT2D eigenvalue weighted by Gasteiger charge is -2.33. The van der Waals surface area contributed by atoms with Gasteiger partial charge in [-0.25, -0.2) is 9.78 Å². The highest BCUT2D eigenvalue weighted by atomic mass is 16.5. The second kappa shape index (κ2) is 9.07. The summed E-state index contributed by atoms with van der Waals surface area (Å²) in [5.41, 5.74) is 2.23. The Kier molecular flexibility index (Phi) is 6.06. The number of carbonyl (C=O) groups is 1. The van der Waals surface area contributed by atoms with Crippen LogP contribution >= 0.6 is 0 Å². The van der Waals surface area contributed by atoms with Gasteiger partial charge in [-0.2, -0.15) is 0 Å². The average Bonchev–Trinajstić information content (AvgIpc) is 2.78. The van der Waals surface area contributed by atoms with Crippen LogP contribution in [0, 0.1) is 0 Å². The summed E-state index contributed by atoms with van der Waals surface area (Å²) >= 11 is 0.